The summed E-state index contributed by atoms with van der Waals surface area (Å²) in [6.45, 7) is 2.49. The van der Waals surface area contributed by atoms with Crippen LogP contribution in [-0.4, -0.2) is 83.9 Å². The molecule has 20 N–H and O–H groups in total. The van der Waals surface area contributed by atoms with Crippen molar-refractivity contribution in [1.29, 1.82) is 0 Å². The Morgan fingerprint density at radius 3 is 0.986 bits per heavy atom. The van der Waals surface area contributed by atoms with Gasteiger partial charge in [-0.2, -0.15) is 0 Å². The van der Waals surface area contributed by atoms with Crippen molar-refractivity contribution in [1.82, 2.24) is 59.8 Å². The predicted molar refractivity (Wildman–Crippen MR) is 590 cm³/mol. The van der Waals surface area contributed by atoms with Crippen LogP contribution in [-0.2, 0) is 39.3 Å². The number of para-hydroxylation sites is 6. The number of hydrogen-bond acceptors (Lipinski definition) is 17. The van der Waals surface area contributed by atoms with Gasteiger partial charge in [-0.3, -0.25) is 0 Å². The Kier molecular flexibility index (Phi) is 24.7. The van der Waals surface area contributed by atoms with E-state index in [0.29, 0.717) is 55.4 Å². The lowest BCUT2D eigenvalue weighted by Gasteiger charge is -2.12. The standard InChI is InChI=1S/C26H19N3.C22H17N3.C19H15N3O2.C19H17N3O2.C18H13F2N3.C18H15N3O/c27-15-17-14-23-21-11-5-6-12-24(21)29-26(23)25(28-17)22-13-16-7-1-2-8-18(16)19-9-3-4-10-20(19)22;23-13-15-12-19-17-9-3-4-11-20(17)25-22(19)21(24-15)18-10-5-7-14-6-1-2-8-16(14)18;20-9-12-8-14-13-3-1-2-4-15(13)22-19(14)18(21-12)11-5-6-16-17(7-11)24-10-23-16;1-24-17-8-11(6-7-16(17)23)18-19-14(9-12(10-20)21-18)13-4-2-3-5-15(13)22-19;19-11-5-10(6-12(20)7-11)17-18-15(8-13(9-21)22-17)14-3-1-2-4-16(14)23-18;19-10-12-9-15-14-3-1-2-4-16(14)21-18(15)17(20-12)11-5-7-13(22)8-6-11/h1-14,29H,15,27H2;1-12,25H,13,23H2;1-8,22H,9-10,20H2;2-9,22-23H,10,20H2,1H3;1-8,23H,9,21H2;1-9,21-22H,10,19H2. The summed E-state index contributed by atoms with van der Waals surface area (Å²) in [5.41, 5.74) is 62.8. The summed E-state index contributed by atoms with van der Waals surface area (Å²) in [6.07, 6.45) is 0. The lowest BCUT2D eigenvalue weighted by atomic mass is 9.94. The summed E-state index contributed by atoms with van der Waals surface area (Å²) in [4.78, 5) is 49.3. The Hall–Kier alpha value is -18.6. The van der Waals surface area contributed by atoms with E-state index in [2.05, 4.69) is 228 Å². The van der Waals surface area contributed by atoms with E-state index in [9.17, 15) is 19.0 Å². The van der Waals surface area contributed by atoms with Crippen molar-refractivity contribution >= 4 is 163 Å². The Morgan fingerprint density at radius 1 is 0.259 bits per heavy atom. The van der Waals surface area contributed by atoms with Crippen LogP contribution < -0.4 is 48.6 Å². The third-order valence-electron chi connectivity index (χ3n) is 27.0. The third kappa shape index (κ3) is 17.5. The fourth-order valence-corrected chi connectivity index (χ4v) is 20.1. The number of aromatic amines is 6. The molecule has 0 unspecified atom stereocenters. The second-order valence-corrected chi connectivity index (χ2v) is 35.9. The summed E-state index contributed by atoms with van der Waals surface area (Å²) in [5, 5.41) is 40.2. The Morgan fingerprint density at radius 2 is 0.571 bits per heavy atom. The fraction of sp³-hybridized carbons (Fsp3) is 0.0656. The van der Waals surface area contributed by atoms with Crippen LogP contribution in [0.4, 0.5) is 8.78 Å². The van der Waals surface area contributed by atoms with E-state index in [0.717, 1.165) is 206 Å². The van der Waals surface area contributed by atoms with Crippen molar-refractivity contribution in [3.05, 3.63) is 404 Å². The highest BCUT2D eigenvalue weighted by atomic mass is 19.1. The molecule has 0 aliphatic carbocycles. The number of hydrogen-bond donors (Lipinski definition) is 14. The maximum absolute atomic E-state index is 13.6. The fourth-order valence-electron chi connectivity index (χ4n) is 20.1. The molecule has 0 saturated carbocycles. The molecule has 25 heteroatoms. The number of H-pyrrole nitrogens is 6. The van der Waals surface area contributed by atoms with Crippen LogP contribution in [0.15, 0.2) is 358 Å². The van der Waals surface area contributed by atoms with E-state index in [1.165, 1.54) is 78.5 Å². The highest BCUT2D eigenvalue weighted by Gasteiger charge is 2.25. The van der Waals surface area contributed by atoms with Gasteiger partial charge in [0, 0.05) is 176 Å². The summed E-state index contributed by atoms with van der Waals surface area (Å²) in [7, 11) is 1.53. The van der Waals surface area contributed by atoms with Crippen molar-refractivity contribution in [3.8, 4) is 96.3 Å². The number of aromatic hydroxyl groups is 2. The number of methoxy groups -OCH3 is 1. The maximum atomic E-state index is 13.6. The van der Waals surface area contributed by atoms with Crippen LogP contribution in [0.3, 0.4) is 0 Å². The van der Waals surface area contributed by atoms with Gasteiger partial charge in [-0.25, -0.2) is 38.7 Å². The van der Waals surface area contributed by atoms with Crippen LogP contribution in [0.5, 0.6) is 28.7 Å². The van der Waals surface area contributed by atoms with Crippen LogP contribution in [0.1, 0.15) is 34.2 Å². The van der Waals surface area contributed by atoms with Crippen molar-refractivity contribution in [3.63, 3.8) is 0 Å². The number of nitrogens with one attached hydrogen (secondary N) is 6. The molecular weight excluding hydrogens is 1840 g/mol. The largest absolute Gasteiger partial charge is 0.508 e. The molecule has 718 valence electrons. The van der Waals surface area contributed by atoms with E-state index in [-0.39, 0.29) is 24.8 Å². The number of aromatic nitrogens is 12. The van der Waals surface area contributed by atoms with E-state index in [1.54, 1.807) is 24.3 Å². The van der Waals surface area contributed by atoms with Gasteiger partial charge in [0.25, 0.3) is 0 Å². The quantitative estimate of drug-likeness (QED) is 0.0477. The SMILES string of the molecule is COc1cc(-c2nc(CN)cc3c2[nH]c2ccccc23)ccc1O.NCc1cc2c([nH]c3ccccc32)c(-c2cc(F)cc(F)c2)n1.NCc1cc2c([nH]c3ccccc32)c(-c2cc3ccccc3c3ccccc23)n1.NCc1cc2c([nH]c3ccccc32)c(-c2ccc(O)cc2)n1.NCc1cc2c([nH]c3ccccc32)c(-c2ccc3c(c2)OCO3)n1.NCc1cc2c([nH]c3ccccc32)c(-c2cccc3ccccc23)n1. The van der Waals surface area contributed by atoms with Crippen molar-refractivity contribution < 1.29 is 33.2 Å². The minimum Gasteiger partial charge on any atom is -0.508 e. The number of nitrogens with two attached hydrogens (primary N) is 6. The summed E-state index contributed by atoms with van der Waals surface area (Å²) >= 11 is 0. The van der Waals surface area contributed by atoms with Crippen LogP contribution in [0.25, 0.3) is 231 Å². The minimum absolute atomic E-state index is 0.101. The number of pyridine rings is 6. The number of phenols is 2. The molecule has 1 aliphatic heterocycles. The van der Waals surface area contributed by atoms with E-state index in [4.69, 9.17) is 68.5 Å². The first-order chi connectivity index (χ1) is 72.1. The zero-order valence-electron chi connectivity index (χ0n) is 79.5. The van der Waals surface area contributed by atoms with Gasteiger partial charge in [-0.15, -0.1) is 0 Å². The lowest BCUT2D eigenvalue weighted by Crippen LogP contribution is -2.01. The van der Waals surface area contributed by atoms with Gasteiger partial charge in [-0.1, -0.05) is 200 Å². The zero-order chi connectivity index (χ0) is 100. The summed E-state index contributed by atoms with van der Waals surface area (Å²) < 4.78 is 43.3. The van der Waals surface area contributed by atoms with Crippen molar-refractivity contribution in [2.45, 2.75) is 39.3 Å². The van der Waals surface area contributed by atoms with Crippen LogP contribution in [0.2, 0.25) is 0 Å². The molecule has 23 nitrogen and oxygen atoms in total. The lowest BCUT2D eigenvalue weighted by molar-refractivity contribution is 0.174. The van der Waals surface area contributed by atoms with Gasteiger partial charge < -0.3 is 88.7 Å². The first-order valence-electron chi connectivity index (χ1n) is 48.2. The average molecular weight is 1930 g/mol. The molecule has 12 aromatic heterocycles. The van der Waals surface area contributed by atoms with Gasteiger partial charge >= 0.3 is 0 Å². The number of phenolic OH excluding ortho intramolecular Hbond substituents is 2. The van der Waals surface area contributed by atoms with E-state index < -0.39 is 11.6 Å². The van der Waals surface area contributed by atoms with E-state index in [1.807, 2.05) is 127 Å². The molecule has 15 aromatic carbocycles. The van der Waals surface area contributed by atoms with E-state index >= 15 is 0 Å². The Balaban J connectivity index is 0.0000000974. The predicted octanol–water partition coefficient (Wildman–Crippen LogP) is 25.9. The number of ether oxygens (including phenoxy) is 3. The second-order valence-electron chi connectivity index (χ2n) is 35.9. The summed E-state index contributed by atoms with van der Waals surface area (Å²) in [5.74, 6) is 0.999. The normalized spacial score (nSPS) is 11.7. The monoisotopic (exact) mass is 1930 g/mol. The maximum Gasteiger partial charge on any atom is 0.231 e. The van der Waals surface area contributed by atoms with Gasteiger partial charge in [0.05, 0.1) is 109 Å². The molecule has 27 aromatic rings. The first kappa shape index (κ1) is 92.1. The molecule has 28 rings (SSSR count). The van der Waals surface area contributed by atoms with Gasteiger partial charge in [0.1, 0.15) is 17.4 Å². The molecule has 147 heavy (non-hydrogen) atoms. The minimum atomic E-state index is -0.635. The van der Waals surface area contributed by atoms with Gasteiger partial charge in [0.2, 0.25) is 6.79 Å². The topological polar surface area (TPSA) is 396 Å². The second kappa shape index (κ2) is 39.4. The molecule has 0 amide bonds. The highest BCUT2D eigenvalue weighted by molar-refractivity contribution is 6.20. The molecule has 0 radical (unpaired) electrons. The molecule has 0 fully saturated rings. The molecule has 0 atom stereocenters. The van der Waals surface area contributed by atoms with Gasteiger partial charge in [0.15, 0.2) is 23.0 Å². The smallest absolute Gasteiger partial charge is 0.231 e. The molecule has 13 heterocycles. The summed E-state index contributed by atoms with van der Waals surface area (Å²) in [6, 6.07) is 117. The zero-order valence-corrected chi connectivity index (χ0v) is 79.5. The van der Waals surface area contributed by atoms with Gasteiger partial charge in [-0.05, 0) is 184 Å². The molecule has 0 bridgehead atoms. The number of halogens is 2. The average Bonchev–Trinajstić information content (AvgIpc) is 1.69. The number of benzene rings is 15. The molecular formula is C122H96F2N18O5. The number of fused-ring (bicyclic) bond motifs is 23. The van der Waals surface area contributed by atoms with Crippen LogP contribution in [0, 0.1) is 11.6 Å². The molecule has 0 spiro atoms. The third-order valence-corrected chi connectivity index (χ3v) is 27.0. The number of rotatable bonds is 13. The molecule has 1 aliphatic rings. The van der Waals surface area contributed by atoms with Crippen molar-refractivity contribution in [2.75, 3.05) is 13.9 Å². The highest BCUT2D eigenvalue weighted by Crippen LogP contribution is 2.46. The van der Waals surface area contributed by atoms with Crippen LogP contribution >= 0.6 is 0 Å². The molecule has 0 saturated heterocycles. The van der Waals surface area contributed by atoms with Crippen molar-refractivity contribution in [2.24, 2.45) is 34.4 Å². The Bertz CT molecular complexity index is 9640. The first-order valence-corrected chi connectivity index (χ1v) is 48.2. The Labute approximate surface area is 838 Å². The number of nitrogens with zero attached hydrogens (tertiary/aromatic N) is 6.